The van der Waals surface area contributed by atoms with Crippen LogP contribution >= 0.6 is 0 Å². The van der Waals surface area contributed by atoms with Crippen molar-refractivity contribution in [2.45, 2.75) is 127 Å². The first kappa shape index (κ1) is 74.3. The van der Waals surface area contributed by atoms with E-state index in [1.807, 2.05) is 20.8 Å². The topological polar surface area (TPSA) is 373 Å². The molecule has 26 heteroatoms. The first-order chi connectivity index (χ1) is 45.8. The zero-order valence-electron chi connectivity index (χ0n) is 53.9. The second-order valence-corrected chi connectivity index (χ2v) is 23.1. The van der Waals surface area contributed by atoms with E-state index in [9.17, 15) is 52.2 Å². The van der Waals surface area contributed by atoms with Gasteiger partial charge in [-0.2, -0.15) is 0 Å². The molecule has 7 aromatic rings. The van der Waals surface area contributed by atoms with Crippen LogP contribution < -0.4 is 46.9 Å². The molecule has 508 valence electrons. The number of phenolic OH excluding ortho intramolecular Hbond substituents is 1. The summed E-state index contributed by atoms with van der Waals surface area (Å²) >= 11 is 0. The Hall–Kier alpha value is -10.7. The Morgan fingerprint density at radius 3 is 1.20 bits per heavy atom. The SMILES string of the molecule is CC(C)(C)OC(=O)N[C@@H]1CCC[C@H]1N.CCOc1ccc(OC)c(F)c1C(=O)c1ccc(C(=O)O)cc1.COc1ccc(O)c(C(=O)c2ccc(C(=O)N[C@@H]3CCC[C@H]3NC(=O)c3ccncc3)cc2)c1F.N[C@@H]1CCC[C@H]1NC(=O)c1ccncc1.O=C(O)c1ccncc1. The second kappa shape index (κ2) is 36.1. The summed E-state index contributed by atoms with van der Waals surface area (Å²) in [5.74, 6) is -6.40. The molecule has 10 rings (SSSR count). The molecular weight excluding hydrogens is 1240 g/mol. The molecule has 3 aliphatic carbocycles. The van der Waals surface area contributed by atoms with Crippen molar-refractivity contribution in [3.63, 3.8) is 0 Å². The van der Waals surface area contributed by atoms with Gasteiger partial charge in [-0.05, 0) is 170 Å². The molecule has 3 fully saturated rings. The number of carboxylic acid groups (broad SMARTS) is 2. The number of hydrogen-bond donors (Lipinski definition) is 9. The number of carbonyl (C=O) groups excluding carboxylic acids is 6. The number of aromatic hydroxyl groups is 1. The Labute approximate surface area is 553 Å². The molecule has 11 N–H and O–H groups in total. The maximum atomic E-state index is 14.5. The molecule has 3 saturated carbocycles. The van der Waals surface area contributed by atoms with Crippen molar-refractivity contribution < 1.29 is 81.4 Å². The molecular formula is C70H79F2N9O15. The monoisotopic (exact) mass is 1320 g/mol. The van der Waals surface area contributed by atoms with Gasteiger partial charge in [0.1, 0.15) is 28.2 Å². The standard InChI is InChI=1S/C26H24FN3O5.C17H15FO5.C11H15N3O.C10H20N2O2.C6H5NO2/c1-35-21-10-9-20(31)22(23(21)27)24(32)15-5-7-16(8-6-15)25(33)29-18-3-2-4-19(18)30-26(34)17-11-13-28-14-12-17;1-3-23-12-8-9-13(22-2)15(18)14(12)16(19)10-4-6-11(7-5-10)17(20)21;12-9-2-1-3-10(9)14-11(15)8-4-6-13-7-5-8;1-10(2,3)14-9(13)12-8-6-4-5-7(8)11;8-6(9)5-1-3-7-4-2-5/h5-14,18-19,31H,2-4H2,1H3,(H,29,33)(H,30,34);4-9H,3H2,1-2H3,(H,20,21);4-7,9-10H,1-3,12H2,(H,14,15);7-8H,4-6,11H2,1-3H3,(H,12,13);1-4H,(H,8,9)/t18-,19-;;9-,10-;7-,8-;/m1.11./s1. The van der Waals surface area contributed by atoms with Gasteiger partial charge in [0.15, 0.2) is 34.7 Å². The fourth-order valence-electron chi connectivity index (χ4n) is 10.3. The highest BCUT2D eigenvalue weighted by Gasteiger charge is 2.32. The molecule has 6 atom stereocenters. The number of nitrogens with zero attached hydrogens (tertiary/aromatic N) is 3. The number of ketones is 2. The van der Waals surface area contributed by atoms with Gasteiger partial charge >= 0.3 is 18.0 Å². The van der Waals surface area contributed by atoms with Gasteiger partial charge in [0.25, 0.3) is 17.7 Å². The highest BCUT2D eigenvalue weighted by atomic mass is 19.1. The number of methoxy groups -OCH3 is 2. The Morgan fingerprint density at radius 1 is 0.469 bits per heavy atom. The Kier molecular flexibility index (Phi) is 27.9. The van der Waals surface area contributed by atoms with E-state index in [0.717, 1.165) is 57.8 Å². The number of alkyl carbamates (subject to hydrolysis) is 1. The van der Waals surface area contributed by atoms with Gasteiger partial charge < -0.3 is 67.0 Å². The number of carbonyl (C=O) groups is 8. The fraction of sp³-hybridized carbons (Fsp3) is 0.329. The van der Waals surface area contributed by atoms with Crippen LogP contribution in [0.3, 0.4) is 0 Å². The summed E-state index contributed by atoms with van der Waals surface area (Å²) in [6, 6.07) is 25.7. The third-order valence-electron chi connectivity index (χ3n) is 15.3. The number of carboxylic acids is 2. The van der Waals surface area contributed by atoms with E-state index in [0.29, 0.717) is 16.7 Å². The number of rotatable bonds is 17. The van der Waals surface area contributed by atoms with Crippen molar-refractivity contribution in [3.05, 3.63) is 208 Å². The summed E-state index contributed by atoms with van der Waals surface area (Å²) < 4.78 is 49.2. The van der Waals surface area contributed by atoms with Crippen LogP contribution in [0.5, 0.6) is 23.0 Å². The number of nitrogens with two attached hydrogens (primary N) is 2. The Balaban J connectivity index is 0.000000205. The van der Waals surface area contributed by atoms with Crippen molar-refractivity contribution in [2.75, 3.05) is 20.8 Å². The highest BCUT2D eigenvalue weighted by Crippen LogP contribution is 2.33. The minimum atomic E-state index is -1.11. The van der Waals surface area contributed by atoms with Crippen molar-refractivity contribution in [1.29, 1.82) is 0 Å². The van der Waals surface area contributed by atoms with E-state index >= 15 is 0 Å². The van der Waals surface area contributed by atoms with Crippen molar-refractivity contribution in [1.82, 2.24) is 36.2 Å². The normalized spacial score (nSPS) is 17.4. The number of amides is 4. The van der Waals surface area contributed by atoms with E-state index in [1.54, 1.807) is 56.0 Å². The van der Waals surface area contributed by atoms with Gasteiger partial charge in [0.2, 0.25) is 0 Å². The van der Waals surface area contributed by atoms with Crippen LogP contribution in [0.1, 0.15) is 169 Å². The average Bonchev–Trinajstić information content (AvgIpc) is 1.21. The third kappa shape index (κ3) is 21.7. The van der Waals surface area contributed by atoms with Gasteiger partial charge in [0, 0.05) is 101 Å². The molecule has 4 aromatic carbocycles. The lowest BCUT2D eigenvalue weighted by Crippen LogP contribution is -2.48. The van der Waals surface area contributed by atoms with Crippen LogP contribution in [0.2, 0.25) is 0 Å². The number of aromatic nitrogens is 3. The smallest absolute Gasteiger partial charge is 0.407 e. The molecule has 96 heavy (non-hydrogen) atoms. The Bertz CT molecular complexity index is 3770. The summed E-state index contributed by atoms with van der Waals surface area (Å²) in [6.45, 7) is 7.53. The van der Waals surface area contributed by atoms with Crippen molar-refractivity contribution >= 4 is 47.3 Å². The third-order valence-corrected chi connectivity index (χ3v) is 15.3. The molecule has 3 aliphatic rings. The number of aromatic carboxylic acids is 2. The van der Waals surface area contributed by atoms with Crippen LogP contribution in [0, 0.1) is 11.6 Å². The van der Waals surface area contributed by atoms with Crippen LogP contribution in [0.4, 0.5) is 13.6 Å². The Morgan fingerprint density at radius 2 is 0.802 bits per heavy atom. The molecule has 0 saturated heterocycles. The van der Waals surface area contributed by atoms with Crippen LogP contribution in [-0.4, -0.2) is 140 Å². The molecule has 24 nitrogen and oxygen atoms in total. The summed E-state index contributed by atoms with van der Waals surface area (Å²) in [6.07, 6.45) is 17.3. The maximum absolute atomic E-state index is 14.5. The lowest BCUT2D eigenvalue weighted by molar-refractivity contribution is 0.0499. The summed E-state index contributed by atoms with van der Waals surface area (Å²) in [5.41, 5.74) is 12.5. The first-order valence-corrected chi connectivity index (χ1v) is 30.8. The average molecular weight is 1320 g/mol. The first-order valence-electron chi connectivity index (χ1n) is 30.8. The van der Waals surface area contributed by atoms with E-state index in [-0.39, 0.29) is 112 Å². The highest BCUT2D eigenvalue weighted by molar-refractivity contribution is 6.12. The van der Waals surface area contributed by atoms with Gasteiger partial charge in [-0.1, -0.05) is 24.3 Å². The summed E-state index contributed by atoms with van der Waals surface area (Å²) in [4.78, 5) is 106. The van der Waals surface area contributed by atoms with E-state index < -0.39 is 52.1 Å². The molecule has 3 aromatic heterocycles. The van der Waals surface area contributed by atoms with Gasteiger partial charge in [-0.25, -0.2) is 23.2 Å². The molecule has 0 spiro atoms. The van der Waals surface area contributed by atoms with E-state index in [1.165, 1.54) is 112 Å². The number of phenols is 1. The van der Waals surface area contributed by atoms with Crippen LogP contribution in [-0.2, 0) is 4.74 Å². The van der Waals surface area contributed by atoms with Gasteiger partial charge in [0.05, 0.1) is 32.0 Å². The predicted octanol–water partition coefficient (Wildman–Crippen LogP) is 9.27. The molecule has 0 radical (unpaired) electrons. The molecule has 0 unspecified atom stereocenters. The molecule has 0 bridgehead atoms. The number of nitrogens with one attached hydrogen (secondary N) is 4. The quantitative estimate of drug-likeness (QED) is 0.0383. The number of hydrogen-bond acceptors (Lipinski definition) is 18. The van der Waals surface area contributed by atoms with Gasteiger partial charge in [-0.15, -0.1) is 0 Å². The number of ether oxygens (including phenoxy) is 4. The van der Waals surface area contributed by atoms with Crippen molar-refractivity contribution in [3.8, 4) is 23.0 Å². The summed E-state index contributed by atoms with van der Waals surface area (Å²) in [7, 11) is 2.56. The molecule has 0 aliphatic heterocycles. The molecule has 4 amide bonds. The van der Waals surface area contributed by atoms with Crippen molar-refractivity contribution in [2.24, 2.45) is 11.5 Å². The van der Waals surface area contributed by atoms with Crippen LogP contribution in [0.15, 0.2) is 146 Å². The number of benzene rings is 4. The van der Waals surface area contributed by atoms with E-state index in [4.69, 9.17) is 40.6 Å². The molecule has 3 heterocycles. The summed E-state index contributed by atoms with van der Waals surface area (Å²) in [5, 5.41) is 38.9. The number of halogens is 2. The fourth-order valence-corrected chi connectivity index (χ4v) is 10.3. The number of pyridine rings is 3. The zero-order valence-corrected chi connectivity index (χ0v) is 53.9. The largest absolute Gasteiger partial charge is 0.507 e. The second-order valence-electron chi connectivity index (χ2n) is 23.1. The lowest BCUT2D eigenvalue weighted by Gasteiger charge is -2.23. The van der Waals surface area contributed by atoms with E-state index in [2.05, 4.69) is 36.2 Å². The van der Waals surface area contributed by atoms with Gasteiger partial charge in [-0.3, -0.25) is 38.9 Å². The maximum Gasteiger partial charge on any atom is 0.407 e. The lowest BCUT2D eigenvalue weighted by atomic mass is 10.00. The minimum Gasteiger partial charge on any atom is -0.507 e. The minimum absolute atomic E-state index is 0.0395. The zero-order chi connectivity index (χ0) is 70.1. The van der Waals surface area contributed by atoms with Crippen LogP contribution in [0.25, 0.3) is 0 Å². The predicted molar refractivity (Wildman–Crippen MR) is 350 cm³/mol.